The van der Waals surface area contributed by atoms with Crippen molar-refractivity contribution in [2.45, 2.75) is 13.8 Å². The van der Waals surface area contributed by atoms with Gasteiger partial charge in [0.1, 0.15) is 5.41 Å². The van der Waals surface area contributed by atoms with E-state index in [0.717, 1.165) is 0 Å². The molecule has 1 saturated heterocycles. The molecule has 0 atom stereocenters. The van der Waals surface area contributed by atoms with Crippen LogP contribution in [-0.4, -0.2) is 11.8 Å². The minimum atomic E-state index is -1.03. The molecule has 4 nitrogen and oxygen atoms in total. The molecule has 0 aromatic heterocycles. The van der Waals surface area contributed by atoms with Crippen molar-refractivity contribution in [3.63, 3.8) is 0 Å². The van der Waals surface area contributed by atoms with Crippen LogP contribution in [0.2, 0.25) is 0 Å². The highest BCUT2D eigenvalue weighted by Crippen LogP contribution is 2.29. The molecule has 2 rings (SSSR count). The molecule has 0 spiro atoms. The molecule has 77 valence electrons. The lowest BCUT2D eigenvalue weighted by atomic mass is 9.93. The third-order valence-electron chi connectivity index (χ3n) is 2.45. The van der Waals surface area contributed by atoms with E-state index in [0.29, 0.717) is 5.69 Å². The molecule has 1 fully saturated rings. The average Bonchev–Trinajstić information content (AvgIpc) is 2.44. The number of para-hydroxylation sites is 1. The molecule has 1 aliphatic heterocycles. The van der Waals surface area contributed by atoms with Gasteiger partial charge in [0.2, 0.25) is 0 Å². The number of carbonyl (C=O) groups excluding carboxylic acids is 2. The van der Waals surface area contributed by atoms with Crippen LogP contribution in [0, 0.1) is 5.41 Å². The fraction of sp³-hybridized carbons (Fsp3) is 0.273. The van der Waals surface area contributed by atoms with Gasteiger partial charge in [-0.2, -0.15) is 5.01 Å². The van der Waals surface area contributed by atoms with Crippen LogP contribution < -0.4 is 10.4 Å². The summed E-state index contributed by atoms with van der Waals surface area (Å²) in [5, 5.41) is 1.17. The maximum Gasteiger partial charge on any atom is 0.278 e. The standard InChI is InChI=1S/C11H11N2O2/c1-11(2)9(14)12-13(10(11)15)8-6-4-3-5-7-8/h3-7H,1-2H3. The van der Waals surface area contributed by atoms with E-state index in [1.807, 2.05) is 6.07 Å². The molecule has 1 aromatic carbocycles. The molecular weight excluding hydrogens is 192 g/mol. The van der Waals surface area contributed by atoms with Crippen molar-refractivity contribution < 1.29 is 9.59 Å². The Balaban J connectivity index is 2.36. The molecule has 0 aliphatic carbocycles. The van der Waals surface area contributed by atoms with Crippen molar-refractivity contribution in [1.82, 2.24) is 5.43 Å². The molecule has 1 aliphatic rings. The predicted octanol–water partition coefficient (Wildman–Crippen LogP) is 1.11. The number of hydrogen-bond donors (Lipinski definition) is 0. The van der Waals surface area contributed by atoms with Gasteiger partial charge in [-0.15, -0.1) is 5.43 Å². The maximum atomic E-state index is 11.8. The summed E-state index contributed by atoms with van der Waals surface area (Å²) in [6.45, 7) is 3.17. The average molecular weight is 203 g/mol. The lowest BCUT2D eigenvalue weighted by Crippen LogP contribution is -2.32. The third-order valence-corrected chi connectivity index (χ3v) is 2.45. The highest BCUT2D eigenvalue weighted by Gasteiger charge is 2.49. The number of amides is 2. The van der Waals surface area contributed by atoms with Crippen LogP contribution in [-0.2, 0) is 9.59 Å². The second kappa shape index (κ2) is 3.08. The molecule has 2 amide bonds. The first kappa shape index (κ1) is 9.71. The van der Waals surface area contributed by atoms with Gasteiger partial charge in [-0.25, -0.2) is 0 Å². The van der Waals surface area contributed by atoms with Gasteiger partial charge in [-0.05, 0) is 26.0 Å². The minimum absolute atomic E-state index is 0.279. The Morgan fingerprint density at radius 1 is 1.13 bits per heavy atom. The Morgan fingerprint density at radius 2 is 1.73 bits per heavy atom. The van der Waals surface area contributed by atoms with Crippen molar-refractivity contribution in [2.24, 2.45) is 5.41 Å². The van der Waals surface area contributed by atoms with Crippen LogP contribution in [0.15, 0.2) is 30.3 Å². The van der Waals surface area contributed by atoms with E-state index >= 15 is 0 Å². The van der Waals surface area contributed by atoms with Gasteiger partial charge in [0.15, 0.2) is 0 Å². The number of rotatable bonds is 1. The Labute approximate surface area is 87.9 Å². The van der Waals surface area contributed by atoms with E-state index in [-0.39, 0.29) is 5.91 Å². The van der Waals surface area contributed by atoms with Crippen LogP contribution >= 0.6 is 0 Å². The summed E-state index contributed by atoms with van der Waals surface area (Å²) in [5.74, 6) is -0.671. The molecule has 0 saturated carbocycles. The van der Waals surface area contributed by atoms with Crippen molar-refractivity contribution in [3.8, 4) is 0 Å². The van der Waals surface area contributed by atoms with Crippen molar-refractivity contribution >= 4 is 17.5 Å². The molecular formula is C11H11N2O2. The van der Waals surface area contributed by atoms with Crippen molar-refractivity contribution in [1.29, 1.82) is 0 Å². The van der Waals surface area contributed by atoms with Crippen molar-refractivity contribution in [2.75, 3.05) is 5.01 Å². The van der Waals surface area contributed by atoms with Crippen LogP contribution in [0.5, 0.6) is 0 Å². The van der Waals surface area contributed by atoms with Crippen LogP contribution in [0.25, 0.3) is 0 Å². The smallest absolute Gasteiger partial charge is 0.271 e. The molecule has 1 aromatic rings. The van der Waals surface area contributed by atoms with E-state index in [4.69, 9.17) is 0 Å². The highest BCUT2D eigenvalue weighted by molar-refractivity contribution is 6.17. The Bertz CT molecular complexity index is 412. The fourth-order valence-corrected chi connectivity index (χ4v) is 1.36. The molecule has 1 heterocycles. The zero-order valence-electron chi connectivity index (χ0n) is 8.60. The summed E-state index contributed by atoms with van der Waals surface area (Å²) in [4.78, 5) is 23.3. The minimum Gasteiger partial charge on any atom is -0.271 e. The van der Waals surface area contributed by atoms with Crippen LogP contribution in [0.4, 0.5) is 5.69 Å². The molecule has 0 bridgehead atoms. The summed E-state index contributed by atoms with van der Waals surface area (Å²) in [6, 6.07) is 8.94. The van der Waals surface area contributed by atoms with Gasteiger partial charge in [0.05, 0.1) is 5.69 Å². The van der Waals surface area contributed by atoms with E-state index in [2.05, 4.69) is 5.43 Å². The van der Waals surface area contributed by atoms with Gasteiger partial charge in [0, 0.05) is 0 Å². The molecule has 1 radical (unpaired) electrons. The second-order valence-electron chi connectivity index (χ2n) is 3.98. The molecule has 4 heteroatoms. The van der Waals surface area contributed by atoms with Gasteiger partial charge in [0.25, 0.3) is 11.8 Å². The monoisotopic (exact) mass is 203 g/mol. The third kappa shape index (κ3) is 1.38. The zero-order chi connectivity index (χ0) is 11.1. The van der Waals surface area contributed by atoms with E-state index < -0.39 is 11.3 Å². The quantitative estimate of drug-likeness (QED) is 0.642. The molecule has 0 N–H and O–H groups in total. The Kier molecular flexibility index (Phi) is 2.00. The van der Waals surface area contributed by atoms with Crippen molar-refractivity contribution in [3.05, 3.63) is 30.3 Å². The highest BCUT2D eigenvalue weighted by atomic mass is 16.2. The first-order chi connectivity index (χ1) is 7.03. The zero-order valence-corrected chi connectivity index (χ0v) is 8.60. The summed E-state index contributed by atoms with van der Waals surface area (Å²) in [6.07, 6.45) is 0. The number of carbonyl (C=O) groups is 2. The summed E-state index contributed by atoms with van der Waals surface area (Å²) in [7, 11) is 0. The largest absolute Gasteiger partial charge is 0.278 e. The van der Waals surface area contributed by atoms with E-state index in [1.165, 1.54) is 5.01 Å². The van der Waals surface area contributed by atoms with Gasteiger partial charge >= 0.3 is 0 Å². The van der Waals surface area contributed by atoms with Crippen LogP contribution in [0.3, 0.4) is 0 Å². The number of benzene rings is 1. The first-order valence-corrected chi connectivity index (χ1v) is 4.69. The number of hydrogen-bond acceptors (Lipinski definition) is 2. The summed E-state index contributed by atoms with van der Waals surface area (Å²) < 4.78 is 0. The van der Waals surface area contributed by atoms with Gasteiger partial charge in [-0.1, -0.05) is 18.2 Å². The Morgan fingerprint density at radius 3 is 2.20 bits per heavy atom. The summed E-state index contributed by atoms with van der Waals surface area (Å²) >= 11 is 0. The molecule has 15 heavy (non-hydrogen) atoms. The van der Waals surface area contributed by atoms with Crippen LogP contribution in [0.1, 0.15) is 13.8 Å². The van der Waals surface area contributed by atoms with Gasteiger partial charge < -0.3 is 0 Å². The van der Waals surface area contributed by atoms with Gasteiger partial charge in [-0.3, -0.25) is 9.59 Å². The second-order valence-corrected chi connectivity index (χ2v) is 3.98. The number of nitrogens with zero attached hydrogens (tertiary/aromatic N) is 2. The van der Waals surface area contributed by atoms with E-state index in [9.17, 15) is 9.59 Å². The predicted molar refractivity (Wildman–Crippen MR) is 54.9 cm³/mol. The topological polar surface area (TPSA) is 51.5 Å². The maximum absolute atomic E-state index is 11.8. The summed E-state index contributed by atoms with van der Waals surface area (Å²) in [5.41, 5.74) is 3.33. The number of anilines is 1. The lowest BCUT2D eigenvalue weighted by molar-refractivity contribution is -0.133. The SMILES string of the molecule is CC1(C)C(=O)[N]N(c2ccccc2)C1=O. The normalized spacial score (nSPS) is 19.2. The lowest BCUT2D eigenvalue weighted by Gasteiger charge is -2.14. The molecule has 0 unspecified atom stereocenters. The fourth-order valence-electron chi connectivity index (χ4n) is 1.36. The first-order valence-electron chi connectivity index (χ1n) is 4.69. The van der Waals surface area contributed by atoms with E-state index in [1.54, 1.807) is 38.1 Å². The Hall–Kier alpha value is -1.84.